The number of halogens is 1. The molecule has 8 nitrogen and oxygen atoms in total. The number of carbonyl (C=O) groups excluding carboxylic acids is 1. The first kappa shape index (κ1) is 20.4. The summed E-state index contributed by atoms with van der Waals surface area (Å²) in [6.45, 7) is 6.74. The Bertz CT molecular complexity index is 1330. The molecule has 1 aromatic carbocycles. The number of amides is 1. The monoisotopic (exact) mass is 435 g/mol. The molecule has 4 aromatic rings. The SMILES string of the molecule is CCN[C@@H]1CCN(c2ccc(C(=O)Nc3cc(F)c4nc(C)cn4c3)c3nn(C)cc23)C1. The molecule has 9 heteroatoms. The van der Waals surface area contributed by atoms with Gasteiger partial charge in [0.05, 0.1) is 16.9 Å². The Morgan fingerprint density at radius 2 is 2.12 bits per heavy atom. The second-order valence-electron chi connectivity index (χ2n) is 8.33. The van der Waals surface area contributed by atoms with Crippen molar-refractivity contribution in [1.82, 2.24) is 24.5 Å². The number of hydrogen-bond donors (Lipinski definition) is 2. The standard InChI is InChI=1S/C23H26FN7O/c1-4-25-15-7-8-30(11-15)20-6-5-17(21-18(20)13-29(3)28-21)23(32)27-16-9-19(24)22-26-14(2)10-31(22)12-16/h5-6,9-10,12-13,15,25H,4,7-8,11H2,1-3H3,(H,27,32)/t15-/m1/s1. The minimum absolute atomic E-state index is 0.235. The molecule has 0 spiro atoms. The summed E-state index contributed by atoms with van der Waals surface area (Å²) in [7, 11) is 1.85. The van der Waals surface area contributed by atoms with Gasteiger partial charge in [0, 0.05) is 61.9 Å². The van der Waals surface area contributed by atoms with E-state index >= 15 is 0 Å². The molecule has 0 unspecified atom stereocenters. The number of hydrogen-bond acceptors (Lipinski definition) is 5. The molecule has 1 amide bonds. The highest BCUT2D eigenvalue weighted by Gasteiger charge is 2.25. The number of aryl methyl sites for hydroxylation is 2. The minimum Gasteiger partial charge on any atom is -0.369 e. The average Bonchev–Trinajstić information content (AvgIpc) is 3.45. The zero-order valence-corrected chi connectivity index (χ0v) is 18.4. The molecule has 1 saturated heterocycles. The van der Waals surface area contributed by atoms with Crippen molar-refractivity contribution in [2.75, 3.05) is 29.9 Å². The highest BCUT2D eigenvalue weighted by Crippen LogP contribution is 2.31. The van der Waals surface area contributed by atoms with E-state index in [9.17, 15) is 9.18 Å². The van der Waals surface area contributed by atoms with Crippen molar-refractivity contribution in [2.45, 2.75) is 26.3 Å². The average molecular weight is 436 g/mol. The summed E-state index contributed by atoms with van der Waals surface area (Å²) >= 11 is 0. The lowest BCUT2D eigenvalue weighted by Gasteiger charge is -2.20. The van der Waals surface area contributed by atoms with Crippen molar-refractivity contribution in [3.05, 3.63) is 53.9 Å². The van der Waals surface area contributed by atoms with Gasteiger partial charge in [-0.3, -0.25) is 9.48 Å². The van der Waals surface area contributed by atoms with Crippen LogP contribution in [0.3, 0.4) is 0 Å². The normalized spacial score (nSPS) is 16.4. The molecule has 1 aliphatic heterocycles. The van der Waals surface area contributed by atoms with E-state index in [1.54, 1.807) is 34.5 Å². The van der Waals surface area contributed by atoms with Crippen LogP contribution in [0.4, 0.5) is 15.8 Å². The molecule has 0 bridgehead atoms. The van der Waals surface area contributed by atoms with Gasteiger partial charge < -0.3 is 19.9 Å². The Balaban J connectivity index is 1.46. The van der Waals surface area contributed by atoms with Crippen molar-refractivity contribution < 1.29 is 9.18 Å². The van der Waals surface area contributed by atoms with Crippen molar-refractivity contribution in [1.29, 1.82) is 0 Å². The maximum atomic E-state index is 14.4. The van der Waals surface area contributed by atoms with E-state index in [0.29, 0.717) is 28.5 Å². The van der Waals surface area contributed by atoms with Crippen LogP contribution in [0.15, 0.2) is 36.8 Å². The maximum absolute atomic E-state index is 14.4. The Hall–Kier alpha value is -3.46. The first-order valence-corrected chi connectivity index (χ1v) is 10.8. The fraction of sp³-hybridized carbons (Fsp3) is 0.348. The van der Waals surface area contributed by atoms with Gasteiger partial charge in [-0.25, -0.2) is 9.37 Å². The molecule has 0 aliphatic carbocycles. The number of carbonyl (C=O) groups is 1. The summed E-state index contributed by atoms with van der Waals surface area (Å²) in [6.07, 6.45) is 6.41. The fourth-order valence-electron chi connectivity index (χ4n) is 4.55. The summed E-state index contributed by atoms with van der Waals surface area (Å²) < 4.78 is 17.7. The first-order valence-electron chi connectivity index (χ1n) is 10.8. The maximum Gasteiger partial charge on any atom is 0.257 e. The van der Waals surface area contributed by atoms with Crippen LogP contribution in [0.25, 0.3) is 16.6 Å². The van der Waals surface area contributed by atoms with E-state index in [-0.39, 0.29) is 11.6 Å². The highest BCUT2D eigenvalue weighted by atomic mass is 19.1. The van der Waals surface area contributed by atoms with Gasteiger partial charge in [0.2, 0.25) is 0 Å². The van der Waals surface area contributed by atoms with Gasteiger partial charge in [-0.2, -0.15) is 5.10 Å². The molecule has 2 N–H and O–H groups in total. The number of imidazole rings is 1. The summed E-state index contributed by atoms with van der Waals surface area (Å²) in [5.41, 5.74) is 3.46. The summed E-state index contributed by atoms with van der Waals surface area (Å²) in [5.74, 6) is -0.818. The number of benzene rings is 1. The smallest absolute Gasteiger partial charge is 0.257 e. The fourth-order valence-corrected chi connectivity index (χ4v) is 4.55. The van der Waals surface area contributed by atoms with Crippen LogP contribution in [0.1, 0.15) is 29.4 Å². The lowest BCUT2D eigenvalue weighted by Crippen LogP contribution is -2.32. The van der Waals surface area contributed by atoms with E-state index in [1.165, 1.54) is 6.07 Å². The summed E-state index contributed by atoms with van der Waals surface area (Å²) in [6, 6.07) is 5.54. The quantitative estimate of drug-likeness (QED) is 0.504. The largest absolute Gasteiger partial charge is 0.369 e. The van der Waals surface area contributed by atoms with Gasteiger partial charge in [-0.15, -0.1) is 0 Å². The molecule has 166 valence electrons. The van der Waals surface area contributed by atoms with Crippen LogP contribution in [0.2, 0.25) is 0 Å². The van der Waals surface area contributed by atoms with Crippen molar-refractivity contribution >= 4 is 33.8 Å². The zero-order chi connectivity index (χ0) is 22.4. The second-order valence-corrected chi connectivity index (χ2v) is 8.33. The minimum atomic E-state index is -0.487. The molecular formula is C23H26FN7O. The molecule has 1 aliphatic rings. The number of anilines is 2. The first-order chi connectivity index (χ1) is 15.4. The van der Waals surface area contributed by atoms with E-state index < -0.39 is 5.82 Å². The van der Waals surface area contributed by atoms with E-state index in [4.69, 9.17) is 0 Å². The third kappa shape index (κ3) is 3.58. The molecule has 5 rings (SSSR count). The predicted octanol–water partition coefficient (Wildman–Crippen LogP) is 3.11. The van der Waals surface area contributed by atoms with Gasteiger partial charge >= 0.3 is 0 Å². The lowest BCUT2D eigenvalue weighted by molar-refractivity contribution is 0.102. The molecule has 4 heterocycles. The zero-order valence-electron chi connectivity index (χ0n) is 18.4. The summed E-state index contributed by atoms with van der Waals surface area (Å²) in [5, 5.41) is 11.8. The predicted molar refractivity (Wildman–Crippen MR) is 123 cm³/mol. The topological polar surface area (TPSA) is 79.5 Å². The second kappa shape index (κ2) is 7.90. The lowest BCUT2D eigenvalue weighted by atomic mass is 10.1. The van der Waals surface area contributed by atoms with Crippen molar-refractivity contribution in [2.24, 2.45) is 7.05 Å². The number of nitrogens with zero attached hydrogens (tertiary/aromatic N) is 5. The van der Waals surface area contributed by atoms with Gasteiger partial charge in [-0.05, 0) is 32.0 Å². The van der Waals surface area contributed by atoms with Gasteiger partial charge in [0.25, 0.3) is 5.91 Å². The number of pyridine rings is 1. The Morgan fingerprint density at radius 3 is 2.94 bits per heavy atom. The highest BCUT2D eigenvalue weighted by molar-refractivity contribution is 6.13. The number of fused-ring (bicyclic) bond motifs is 2. The molecule has 3 aromatic heterocycles. The van der Waals surface area contributed by atoms with E-state index in [0.717, 1.165) is 37.1 Å². The number of rotatable bonds is 5. The number of aromatic nitrogens is 4. The van der Waals surface area contributed by atoms with E-state index in [2.05, 4.69) is 32.5 Å². The number of nitrogens with one attached hydrogen (secondary N) is 2. The molecule has 32 heavy (non-hydrogen) atoms. The molecule has 0 radical (unpaired) electrons. The Morgan fingerprint density at radius 1 is 1.28 bits per heavy atom. The van der Waals surface area contributed by atoms with Gasteiger partial charge in [0.15, 0.2) is 11.5 Å². The van der Waals surface area contributed by atoms with Crippen molar-refractivity contribution in [3.8, 4) is 0 Å². The van der Waals surface area contributed by atoms with Crippen LogP contribution in [0, 0.1) is 12.7 Å². The molecule has 0 saturated carbocycles. The molecule has 1 atom stereocenters. The van der Waals surface area contributed by atoms with Gasteiger partial charge in [-0.1, -0.05) is 6.92 Å². The third-order valence-corrected chi connectivity index (χ3v) is 5.92. The Labute approximate surface area is 185 Å². The third-order valence-electron chi connectivity index (χ3n) is 5.92. The Kier molecular flexibility index (Phi) is 5.05. The molecular weight excluding hydrogens is 409 g/mol. The van der Waals surface area contributed by atoms with Crippen molar-refractivity contribution in [3.63, 3.8) is 0 Å². The van der Waals surface area contributed by atoms with E-state index in [1.807, 2.05) is 19.3 Å². The van der Waals surface area contributed by atoms with Crippen LogP contribution >= 0.6 is 0 Å². The summed E-state index contributed by atoms with van der Waals surface area (Å²) in [4.78, 5) is 19.6. The molecule has 1 fully saturated rings. The van der Waals surface area contributed by atoms with Gasteiger partial charge in [0.1, 0.15) is 5.52 Å². The number of likely N-dealkylation sites (N-methyl/N-ethyl adjacent to an activating group) is 1. The van der Waals surface area contributed by atoms with Crippen LogP contribution in [-0.4, -0.2) is 50.7 Å². The van der Waals surface area contributed by atoms with Crippen LogP contribution in [-0.2, 0) is 7.05 Å². The van der Waals surface area contributed by atoms with Crippen LogP contribution in [0.5, 0.6) is 0 Å². The van der Waals surface area contributed by atoms with Crippen LogP contribution < -0.4 is 15.5 Å².